The average molecular weight is 364 g/mol. The molecule has 3 aromatic rings. The third-order valence-electron chi connectivity index (χ3n) is 3.45. The maximum Gasteiger partial charge on any atom is 0.261 e. The Bertz CT molecular complexity index is 1000. The lowest BCUT2D eigenvalue weighted by molar-refractivity contribution is 0.0967. The van der Waals surface area contributed by atoms with E-state index in [9.17, 15) is 13.2 Å². The minimum absolute atomic E-state index is 0.0747. The van der Waals surface area contributed by atoms with Gasteiger partial charge in [-0.2, -0.15) is 0 Å². The Morgan fingerprint density at radius 3 is 2.92 bits per heavy atom. The average Bonchev–Trinajstić information content (AvgIpc) is 3.19. The van der Waals surface area contributed by atoms with Gasteiger partial charge in [0.25, 0.3) is 5.91 Å². The molecule has 0 aliphatic rings. The van der Waals surface area contributed by atoms with Gasteiger partial charge in [-0.05, 0) is 30.7 Å². The summed E-state index contributed by atoms with van der Waals surface area (Å²) in [7, 11) is -2.19. The lowest BCUT2D eigenvalue weighted by atomic mass is 10.3. The van der Waals surface area contributed by atoms with Gasteiger partial charge in [-0.15, -0.1) is 11.3 Å². The van der Waals surface area contributed by atoms with Crippen molar-refractivity contribution in [2.24, 2.45) is 0 Å². The Morgan fingerprint density at radius 1 is 1.38 bits per heavy atom. The number of pyridine rings is 1. The van der Waals surface area contributed by atoms with Crippen molar-refractivity contribution in [2.75, 3.05) is 7.05 Å². The van der Waals surface area contributed by atoms with Crippen LogP contribution in [-0.4, -0.2) is 30.8 Å². The van der Waals surface area contributed by atoms with Crippen LogP contribution in [-0.2, 0) is 16.6 Å². The van der Waals surface area contributed by atoms with Crippen LogP contribution in [0.25, 0.3) is 5.65 Å². The molecule has 3 rings (SSSR count). The van der Waals surface area contributed by atoms with Gasteiger partial charge in [-0.1, -0.05) is 0 Å². The van der Waals surface area contributed by atoms with E-state index in [-0.39, 0.29) is 17.3 Å². The molecule has 0 aliphatic heterocycles. The Kier molecular flexibility index (Phi) is 4.39. The first-order chi connectivity index (χ1) is 11.4. The fourth-order valence-electron chi connectivity index (χ4n) is 2.18. The van der Waals surface area contributed by atoms with Crippen molar-refractivity contribution in [3.63, 3.8) is 0 Å². The number of aryl methyl sites for hydroxylation is 1. The van der Waals surface area contributed by atoms with Crippen LogP contribution < -0.4 is 10.0 Å². The summed E-state index contributed by atoms with van der Waals surface area (Å²) in [5.74, 6) is -0.308. The van der Waals surface area contributed by atoms with Gasteiger partial charge in [0.15, 0.2) is 0 Å². The fraction of sp³-hybridized carbons (Fsp3) is 0.200. The number of hydrogen-bond donors (Lipinski definition) is 2. The number of imidazole rings is 1. The predicted molar refractivity (Wildman–Crippen MR) is 91.7 cm³/mol. The molecule has 3 aromatic heterocycles. The number of nitrogens with zero attached hydrogens (tertiary/aromatic N) is 2. The Morgan fingerprint density at radius 2 is 2.17 bits per heavy atom. The molecule has 24 heavy (non-hydrogen) atoms. The number of thiophene rings is 1. The van der Waals surface area contributed by atoms with E-state index in [0.717, 1.165) is 22.5 Å². The van der Waals surface area contributed by atoms with Crippen LogP contribution in [0, 0.1) is 6.92 Å². The zero-order chi connectivity index (χ0) is 17.3. The third kappa shape index (κ3) is 3.32. The minimum atomic E-state index is -3.69. The van der Waals surface area contributed by atoms with E-state index in [2.05, 4.69) is 15.0 Å². The van der Waals surface area contributed by atoms with Crippen LogP contribution in [0.2, 0.25) is 0 Å². The predicted octanol–water partition coefficient (Wildman–Crippen LogP) is 1.54. The minimum Gasteiger partial charge on any atom is -0.354 e. The van der Waals surface area contributed by atoms with E-state index in [4.69, 9.17) is 0 Å². The first kappa shape index (κ1) is 16.6. The Hall–Kier alpha value is -2.23. The Balaban J connectivity index is 1.76. The number of hydrogen-bond acceptors (Lipinski definition) is 5. The lowest BCUT2D eigenvalue weighted by Crippen LogP contribution is -2.23. The second-order valence-electron chi connectivity index (χ2n) is 5.25. The maximum absolute atomic E-state index is 12.3. The summed E-state index contributed by atoms with van der Waals surface area (Å²) in [5, 5.41) is 3.91. The molecule has 0 fully saturated rings. The number of fused-ring (bicyclic) bond motifs is 1. The number of sulfonamides is 1. The van der Waals surface area contributed by atoms with E-state index in [1.165, 1.54) is 18.5 Å². The molecule has 2 N–H and O–H groups in total. The van der Waals surface area contributed by atoms with Crippen LogP contribution in [0.5, 0.6) is 0 Å². The van der Waals surface area contributed by atoms with E-state index in [1.807, 2.05) is 29.7 Å². The van der Waals surface area contributed by atoms with Crippen LogP contribution in [0.4, 0.5) is 0 Å². The molecule has 0 radical (unpaired) electrons. The van der Waals surface area contributed by atoms with Gasteiger partial charge in [-0.25, -0.2) is 18.1 Å². The monoisotopic (exact) mass is 364 g/mol. The highest BCUT2D eigenvalue weighted by Gasteiger charge is 2.18. The number of carbonyl (C=O) groups is 1. The largest absolute Gasteiger partial charge is 0.354 e. The molecule has 0 saturated carbocycles. The van der Waals surface area contributed by atoms with Crippen molar-refractivity contribution in [3.05, 3.63) is 52.1 Å². The van der Waals surface area contributed by atoms with E-state index in [0.29, 0.717) is 10.6 Å². The normalized spacial score (nSPS) is 11.8. The Labute approximate surface area is 143 Å². The van der Waals surface area contributed by atoms with Crippen LogP contribution in [0.15, 0.2) is 40.9 Å². The van der Waals surface area contributed by atoms with Gasteiger partial charge in [0.2, 0.25) is 10.0 Å². The maximum atomic E-state index is 12.3. The summed E-state index contributed by atoms with van der Waals surface area (Å²) in [6.07, 6.45) is 3.66. The van der Waals surface area contributed by atoms with Gasteiger partial charge in [0, 0.05) is 24.8 Å². The zero-order valence-corrected chi connectivity index (χ0v) is 14.7. The third-order valence-corrected chi connectivity index (χ3v) is 5.90. The number of nitrogens with one attached hydrogen (secondary N) is 2. The molecule has 0 aliphatic carbocycles. The molecule has 9 heteroatoms. The molecule has 7 nitrogen and oxygen atoms in total. The summed E-state index contributed by atoms with van der Waals surface area (Å²) >= 11 is 1.09. The van der Waals surface area contributed by atoms with Crippen molar-refractivity contribution in [1.82, 2.24) is 19.4 Å². The topological polar surface area (TPSA) is 92.6 Å². The van der Waals surface area contributed by atoms with Crippen molar-refractivity contribution in [3.8, 4) is 0 Å². The van der Waals surface area contributed by atoms with Crippen molar-refractivity contribution < 1.29 is 13.2 Å². The molecule has 126 valence electrons. The molecule has 1 amide bonds. The lowest BCUT2D eigenvalue weighted by Gasteiger charge is -2.02. The highest BCUT2D eigenvalue weighted by molar-refractivity contribution is 7.89. The van der Waals surface area contributed by atoms with Gasteiger partial charge < -0.3 is 9.72 Å². The molecular formula is C15H16N4O3S2. The SMILES string of the molecule is CNC(=O)c1cc(S(=O)(=O)NCc2cn3ccc(C)cc3n2)cs1. The quantitative estimate of drug-likeness (QED) is 0.718. The number of rotatable bonds is 5. The summed E-state index contributed by atoms with van der Waals surface area (Å²) in [6.45, 7) is 2.05. The molecule has 3 heterocycles. The first-order valence-corrected chi connectivity index (χ1v) is 9.50. The first-order valence-electron chi connectivity index (χ1n) is 7.13. The van der Waals surface area contributed by atoms with Crippen LogP contribution in [0.3, 0.4) is 0 Å². The number of amides is 1. The molecule has 0 bridgehead atoms. The van der Waals surface area contributed by atoms with Crippen molar-refractivity contribution in [1.29, 1.82) is 0 Å². The molecular weight excluding hydrogens is 348 g/mol. The van der Waals surface area contributed by atoms with Crippen molar-refractivity contribution in [2.45, 2.75) is 18.4 Å². The second-order valence-corrected chi connectivity index (χ2v) is 7.93. The van der Waals surface area contributed by atoms with Gasteiger partial charge in [-0.3, -0.25) is 4.79 Å². The van der Waals surface area contributed by atoms with Crippen LogP contribution >= 0.6 is 11.3 Å². The van der Waals surface area contributed by atoms with Crippen molar-refractivity contribution >= 4 is 32.9 Å². The van der Waals surface area contributed by atoms with Crippen LogP contribution in [0.1, 0.15) is 20.9 Å². The smallest absolute Gasteiger partial charge is 0.261 e. The summed E-state index contributed by atoms with van der Waals surface area (Å²) in [4.78, 5) is 16.3. The number of carbonyl (C=O) groups excluding carboxylic acids is 1. The summed E-state index contributed by atoms with van der Waals surface area (Å²) < 4.78 is 29.0. The molecule has 0 spiro atoms. The van der Waals surface area contributed by atoms with Gasteiger partial charge in [0.05, 0.1) is 22.0 Å². The summed E-state index contributed by atoms with van der Waals surface area (Å²) in [6, 6.07) is 5.24. The highest BCUT2D eigenvalue weighted by atomic mass is 32.2. The second kappa shape index (κ2) is 6.34. The van der Waals surface area contributed by atoms with Gasteiger partial charge >= 0.3 is 0 Å². The van der Waals surface area contributed by atoms with Gasteiger partial charge in [0.1, 0.15) is 5.65 Å². The fourth-order valence-corrected chi connectivity index (χ4v) is 4.39. The van der Waals surface area contributed by atoms with E-state index >= 15 is 0 Å². The number of aromatic nitrogens is 2. The standard InChI is InChI=1S/C15H16N4O3S2/c1-10-3-4-19-8-11(18-14(19)5-10)7-17-24(21,22)12-6-13(23-9-12)15(20)16-2/h3-6,8-9,17H,7H2,1-2H3,(H,16,20). The molecule has 0 saturated heterocycles. The summed E-state index contributed by atoms with van der Waals surface area (Å²) in [5.41, 5.74) is 2.47. The molecule has 0 unspecified atom stereocenters. The van der Waals surface area contributed by atoms with E-state index in [1.54, 1.807) is 6.20 Å². The molecule has 0 atom stereocenters. The zero-order valence-electron chi connectivity index (χ0n) is 13.1. The highest BCUT2D eigenvalue weighted by Crippen LogP contribution is 2.19. The molecule has 0 aromatic carbocycles. The van der Waals surface area contributed by atoms with E-state index < -0.39 is 10.0 Å².